The van der Waals surface area contributed by atoms with Gasteiger partial charge in [0, 0.05) is 13.0 Å². The van der Waals surface area contributed by atoms with E-state index in [0.717, 1.165) is 51.4 Å². The van der Waals surface area contributed by atoms with Crippen LogP contribution in [0.5, 0.6) is 0 Å². The minimum absolute atomic E-state index is 0.0102. The largest absolute Gasteiger partial charge is 0.756 e. The van der Waals surface area contributed by atoms with Crippen LogP contribution in [0.3, 0.4) is 0 Å². The Bertz CT molecular complexity index is 1110. The molecule has 0 N–H and O–H groups in total. The molecule has 0 aromatic rings. The number of likely N-dealkylation sites (N-methyl/N-ethyl adjacent to an activating group) is 1. The van der Waals surface area contributed by atoms with E-state index in [9.17, 15) is 14.3 Å². The second-order valence-corrected chi connectivity index (χ2v) is 16.7. The third kappa shape index (κ3) is 42.9. The molecule has 0 rings (SSSR count). The smallest absolute Gasteiger partial charge is 0.306 e. The number of esters is 1. The Kier molecular flexibility index (Phi) is 37.3. The molecule has 2 unspecified atom stereocenters. The van der Waals surface area contributed by atoms with Crippen LogP contribution in [0.25, 0.3) is 0 Å². The number of quaternary nitrogens is 1. The van der Waals surface area contributed by atoms with Gasteiger partial charge in [0.05, 0.1) is 34.4 Å². The molecule has 0 aliphatic rings. The highest BCUT2D eigenvalue weighted by atomic mass is 31.2. The number of phosphoric ester groups is 1. The van der Waals surface area contributed by atoms with Crippen LogP contribution in [0.1, 0.15) is 155 Å². The fourth-order valence-corrected chi connectivity index (χ4v) is 6.18. The average Bonchev–Trinajstić information content (AvgIpc) is 3.13. The van der Waals surface area contributed by atoms with E-state index in [-0.39, 0.29) is 26.2 Å². The lowest BCUT2D eigenvalue weighted by Gasteiger charge is -2.28. The number of nitrogens with zero attached hydrogens (tertiary/aromatic N) is 1. The summed E-state index contributed by atoms with van der Waals surface area (Å²) in [6.07, 6.45) is 49.3. The first-order valence-electron chi connectivity index (χ1n) is 21.7. The topological polar surface area (TPSA) is 94.1 Å². The Morgan fingerprint density at radius 2 is 1.02 bits per heavy atom. The number of hydrogen-bond acceptors (Lipinski definition) is 7. The van der Waals surface area contributed by atoms with Gasteiger partial charge in [0.15, 0.2) is 0 Å². The van der Waals surface area contributed by atoms with Gasteiger partial charge in [0.2, 0.25) is 0 Å². The van der Waals surface area contributed by atoms with Gasteiger partial charge in [-0.3, -0.25) is 9.36 Å². The van der Waals surface area contributed by atoms with Gasteiger partial charge in [-0.05, 0) is 51.4 Å². The lowest BCUT2D eigenvalue weighted by atomic mass is 10.0. The maximum atomic E-state index is 12.6. The molecule has 0 amide bonds. The summed E-state index contributed by atoms with van der Waals surface area (Å²) in [5, 5.41) is 0. The number of carbonyl (C=O) groups excluding carboxylic acids is 1. The van der Waals surface area contributed by atoms with Crippen molar-refractivity contribution in [1.29, 1.82) is 0 Å². The first-order chi connectivity index (χ1) is 26.6. The van der Waals surface area contributed by atoms with Crippen LogP contribution in [0.4, 0.5) is 0 Å². The van der Waals surface area contributed by atoms with Gasteiger partial charge in [0.1, 0.15) is 19.3 Å². The van der Waals surface area contributed by atoms with E-state index in [0.29, 0.717) is 24.1 Å². The summed E-state index contributed by atoms with van der Waals surface area (Å²) in [5.74, 6) is -0.417. The summed E-state index contributed by atoms with van der Waals surface area (Å²) in [7, 11) is 1.30. The highest BCUT2D eigenvalue weighted by Gasteiger charge is 2.20. The molecule has 0 saturated heterocycles. The van der Waals surface area contributed by atoms with Crippen molar-refractivity contribution in [1.82, 2.24) is 0 Å². The summed E-state index contributed by atoms with van der Waals surface area (Å²) < 4.78 is 34.5. The third-order valence-electron chi connectivity index (χ3n) is 8.79. The zero-order valence-electron chi connectivity index (χ0n) is 35.8. The van der Waals surface area contributed by atoms with E-state index in [4.69, 9.17) is 18.5 Å². The third-order valence-corrected chi connectivity index (χ3v) is 9.75. The van der Waals surface area contributed by atoms with Gasteiger partial charge >= 0.3 is 5.97 Å². The number of hydrogen-bond donors (Lipinski definition) is 0. The van der Waals surface area contributed by atoms with Gasteiger partial charge in [-0.25, -0.2) is 0 Å². The monoisotopic (exact) mass is 792 g/mol. The van der Waals surface area contributed by atoms with Crippen LogP contribution in [-0.2, 0) is 27.9 Å². The number of phosphoric acid groups is 1. The molecule has 0 heterocycles. The Morgan fingerprint density at radius 1 is 0.582 bits per heavy atom. The van der Waals surface area contributed by atoms with E-state index in [1.165, 1.54) is 77.0 Å². The van der Waals surface area contributed by atoms with Crippen LogP contribution in [0.2, 0.25) is 0 Å². The van der Waals surface area contributed by atoms with Crippen LogP contribution in [0.15, 0.2) is 72.9 Å². The minimum atomic E-state index is -4.55. The summed E-state index contributed by atoms with van der Waals surface area (Å²) in [6, 6.07) is 0. The lowest BCUT2D eigenvalue weighted by Crippen LogP contribution is -2.37. The van der Waals surface area contributed by atoms with E-state index >= 15 is 0 Å². The highest BCUT2D eigenvalue weighted by molar-refractivity contribution is 7.45. The number of carbonyl (C=O) groups is 1. The first kappa shape index (κ1) is 52.9. The maximum absolute atomic E-state index is 12.6. The zero-order chi connectivity index (χ0) is 40.6. The standard InChI is InChI=1S/C46H82NO7P/c1-6-8-10-12-14-16-18-20-22-23-24-25-26-27-29-31-33-35-37-39-46(48)54-45(44-53-55(49,50)52-42-40-47(3,4)5)43-51-41-38-36-34-32-30-28-21-19-17-15-13-11-9-7-2/h8,10,14,16,20,22,24-25,27,29,33,35,45H,6-7,9,11-13,15,17-19,21,23,26,28,30-32,34,36-44H2,1-5H3. The van der Waals surface area contributed by atoms with Crippen molar-refractivity contribution in [2.45, 2.75) is 161 Å². The summed E-state index contributed by atoms with van der Waals surface area (Å²) in [4.78, 5) is 25.0. The molecule has 0 aromatic carbocycles. The average molecular weight is 792 g/mol. The quantitative estimate of drug-likeness (QED) is 0.0201. The molecule has 0 fully saturated rings. The molecule has 0 aliphatic heterocycles. The molecule has 0 saturated carbocycles. The Hall–Kier alpha value is -2.06. The van der Waals surface area contributed by atoms with Crippen molar-refractivity contribution in [2.75, 3.05) is 54.1 Å². The predicted octanol–water partition coefficient (Wildman–Crippen LogP) is 12.1. The molecule has 0 bridgehead atoms. The van der Waals surface area contributed by atoms with E-state index in [1.807, 2.05) is 33.3 Å². The Morgan fingerprint density at radius 3 is 1.47 bits per heavy atom. The van der Waals surface area contributed by atoms with E-state index < -0.39 is 19.9 Å². The van der Waals surface area contributed by atoms with Crippen molar-refractivity contribution in [2.24, 2.45) is 0 Å². The van der Waals surface area contributed by atoms with Gasteiger partial charge in [-0.2, -0.15) is 0 Å². The van der Waals surface area contributed by atoms with Crippen LogP contribution in [0, 0.1) is 0 Å². The molecule has 55 heavy (non-hydrogen) atoms. The molecule has 0 radical (unpaired) electrons. The second kappa shape index (κ2) is 38.8. The minimum Gasteiger partial charge on any atom is -0.756 e. The summed E-state index contributed by atoms with van der Waals surface area (Å²) in [6.45, 7) is 5.19. The Balaban J connectivity index is 4.39. The molecule has 0 spiro atoms. The number of allylic oxidation sites excluding steroid dienone is 12. The molecule has 9 heteroatoms. The van der Waals surface area contributed by atoms with Crippen LogP contribution >= 0.6 is 7.82 Å². The summed E-state index contributed by atoms with van der Waals surface area (Å²) in [5.41, 5.74) is 0. The van der Waals surface area contributed by atoms with E-state index in [1.54, 1.807) is 0 Å². The van der Waals surface area contributed by atoms with Crippen LogP contribution in [-0.4, -0.2) is 70.7 Å². The molecular weight excluding hydrogens is 709 g/mol. The van der Waals surface area contributed by atoms with Gasteiger partial charge in [-0.1, -0.05) is 170 Å². The second-order valence-electron chi connectivity index (χ2n) is 15.3. The van der Waals surface area contributed by atoms with Crippen molar-refractivity contribution in [3.8, 4) is 0 Å². The summed E-state index contributed by atoms with van der Waals surface area (Å²) >= 11 is 0. The molecular formula is C46H82NO7P. The molecule has 8 nitrogen and oxygen atoms in total. The van der Waals surface area contributed by atoms with Crippen molar-refractivity contribution >= 4 is 13.8 Å². The Labute approximate surface area is 338 Å². The first-order valence-corrected chi connectivity index (χ1v) is 23.1. The normalized spacial score (nSPS) is 14.5. The zero-order valence-corrected chi connectivity index (χ0v) is 36.7. The molecule has 0 aliphatic carbocycles. The number of ether oxygens (including phenoxy) is 2. The van der Waals surface area contributed by atoms with Crippen molar-refractivity contribution in [3.63, 3.8) is 0 Å². The maximum Gasteiger partial charge on any atom is 0.306 e. The van der Waals surface area contributed by atoms with Crippen molar-refractivity contribution in [3.05, 3.63) is 72.9 Å². The fraction of sp³-hybridized carbons (Fsp3) is 0.717. The molecule has 2 atom stereocenters. The van der Waals surface area contributed by atoms with E-state index in [2.05, 4.69) is 74.6 Å². The number of unbranched alkanes of at least 4 members (excludes halogenated alkanes) is 13. The van der Waals surface area contributed by atoms with Gasteiger partial charge in [0.25, 0.3) is 7.82 Å². The highest BCUT2D eigenvalue weighted by Crippen LogP contribution is 2.38. The molecule has 318 valence electrons. The molecule has 0 aromatic heterocycles. The lowest BCUT2D eigenvalue weighted by molar-refractivity contribution is -0.870. The van der Waals surface area contributed by atoms with Crippen LogP contribution < -0.4 is 4.89 Å². The SMILES string of the molecule is CCC=CCC=CCC=CCC=CCC=CCC=CCCC(=O)OC(COCCCCCCCCCCCCCCCC)COP(=O)([O-])OCC[N+](C)(C)C. The fourth-order valence-electron chi connectivity index (χ4n) is 5.45. The predicted molar refractivity (Wildman–Crippen MR) is 231 cm³/mol. The van der Waals surface area contributed by atoms with Crippen molar-refractivity contribution < 1.29 is 37.3 Å². The van der Waals surface area contributed by atoms with Gasteiger partial charge < -0.3 is 27.9 Å². The number of rotatable bonds is 39. The van der Waals surface area contributed by atoms with Gasteiger partial charge in [-0.15, -0.1) is 0 Å².